The second kappa shape index (κ2) is 10.1. The number of hydrogen-bond acceptors (Lipinski definition) is 6. The van der Waals surface area contributed by atoms with E-state index in [1.807, 2.05) is 19.9 Å². The molecule has 0 saturated heterocycles. The zero-order chi connectivity index (χ0) is 23.3. The summed E-state index contributed by atoms with van der Waals surface area (Å²) in [7, 11) is 1.43. The molecule has 3 N–H and O–H groups in total. The third kappa shape index (κ3) is 5.30. The topological polar surface area (TPSA) is 115 Å². The third-order valence-electron chi connectivity index (χ3n) is 4.27. The second-order valence-electron chi connectivity index (χ2n) is 7.25. The van der Waals surface area contributed by atoms with Crippen LogP contribution in [0.5, 0.6) is 17.2 Å². The van der Waals surface area contributed by atoms with Gasteiger partial charge in [-0.25, -0.2) is 4.68 Å². The predicted molar refractivity (Wildman–Crippen MR) is 118 cm³/mol. The molecule has 3 rings (SSSR count). The Balaban J connectivity index is 1.70. The molecular formula is C22H23ClN4O5. The number of rotatable bonds is 7. The maximum Gasteiger partial charge on any atom is 0.294 e. The predicted octanol–water partition coefficient (Wildman–Crippen LogP) is 3.35. The van der Waals surface area contributed by atoms with Gasteiger partial charge in [-0.15, -0.1) is 0 Å². The Morgan fingerprint density at radius 3 is 2.50 bits per heavy atom. The summed E-state index contributed by atoms with van der Waals surface area (Å²) < 4.78 is 12.3. The van der Waals surface area contributed by atoms with Gasteiger partial charge in [0.2, 0.25) is 0 Å². The van der Waals surface area contributed by atoms with E-state index in [0.29, 0.717) is 18.0 Å². The molecule has 1 heterocycles. The van der Waals surface area contributed by atoms with Crippen LogP contribution in [-0.4, -0.2) is 40.4 Å². The molecule has 0 fully saturated rings. The van der Waals surface area contributed by atoms with E-state index in [2.05, 4.69) is 16.0 Å². The number of ether oxygens (including phenoxy) is 2. The molecule has 2 aromatic carbocycles. The van der Waals surface area contributed by atoms with Crippen molar-refractivity contribution in [1.82, 2.24) is 20.6 Å². The molecule has 32 heavy (non-hydrogen) atoms. The molecule has 0 aliphatic carbocycles. The van der Waals surface area contributed by atoms with E-state index in [-0.39, 0.29) is 33.7 Å². The Bertz CT molecular complexity index is 1120. The van der Waals surface area contributed by atoms with Crippen LogP contribution < -0.4 is 20.3 Å². The molecule has 2 amide bonds. The lowest BCUT2D eigenvalue weighted by atomic mass is 10.2. The number of benzene rings is 2. The maximum absolute atomic E-state index is 12.5. The van der Waals surface area contributed by atoms with Crippen molar-refractivity contribution in [2.45, 2.75) is 13.8 Å². The Morgan fingerprint density at radius 1 is 1.16 bits per heavy atom. The number of aromatic nitrogens is 2. The smallest absolute Gasteiger partial charge is 0.294 e. The zero-order valence-electron chi connectivity index (χ0n) is 17.8. The van der Waals surface area contributed by atoms with Crippen LogP contribution in [0.3, 0.4) is 0 Å². The average molecular weight is 459 g/mol. The Labute approximate surface area is 189 Å². The first-order valence-electron chi connectivity index (χ1n) is 9.75. The fourth-order valence-corrected chi connectivity index (χ4v) is 2.99. The van der Waals surface area contributed by atoms with E-state index < -0.39 is 11.8 Å². The number of methoxy groups -OCH3 is 1. The minimum atomic E-state index is -0.791. The van der Waals surface area contributed by atoms with Gasteiger partial charge in [0.1, 0.15) is 0 Å². The zero-order valence-corrected chi connectivity index (χ0v) is 18.5. The summed E-state index contributed by atoms with van der Waals surface area (Å²) in [4.78, 5) is 24.9. The van der Waals surface area contributed by atoms with Crippen LogP contribution in [0.4, 0.5) is 0 Å². The first kappa shape index (κ1) is 23.0. The number of nitrogens with one attached hydrogen (secondary N) is 2. The molecule has 1 aromatic heterocycles. The molecule has 0 aliphatic heterocycles. The second-order valence-corrected chi connectivity index (χ2v) is 7.65. The van der Waals surface area contributed by atoms with Crippen LogP contribution in [0.2, 0.25) is 5.02 Å². The largest absolute Gasteiger partial charge is 0.504 e. The first-order valence-corrected chi connectivity index (χ1v) is 10.1. The van der Waals surface area contributed by atoms with E-state index in [1.54, 1.807) is 24.3 Å². The van der Waals surface area contributed by atoms with Gasteiger partial charge in [0, 0.05) is 5.56 Å². The molecule has 0 atom stereocenters. The number of nitrogens with zero attached hydrogens (tertiary/aromatic N) is 2. The third-order valence-corrected chi connectivity index (χ3v) is 4.55. The van der Waals surface area contributed by atoms with Gasteiger partial charge in [0.15, 0.2) is 22.9 Å². The van der Waals surface area contributed by atoms with Crippen molar-refractivity contribution in [1.29, 1.82) is 0 Å². The highest BCUT2D eigenvalue weighted by atomic mass is 35.5. The van der Waals surface area contributed by atoms with Crippen LogP contribution in [-0.2, 0) is 0 Å². The van der Waals surface area contributed by atoms with Crippen molar-refractivity contribution < 1.29 is 24.2 Å². The van der Waals surface area contributed by atoms with Crippen molar-refractivity contribution >= 4 is 23.4 Å². The van der Waals surface area contributed by atoms with Gasteiger partial charge in [0.25, 0.3) is 11.8 Å². The number of para-hydroxylation sites is 1. The van der Waals surface area contributed by atoms with Crippen LogP contribution >= 0.6 is 11.6 Å². The van der Waals surface area contributed by atoms with E-state index in [4.69, 9.17) is 21.1 Å². The van der Waals surface area contributed by atoms with Crippen molar-refractivity contribution in [2.24, 2.45) is 5.92 Å². The van der Waals surface area contributed by atoms with Crippen LogP contribution in [0, 0.1) is 5.92 Å². The molecular weight excluding hydrogens is 436 g/mol. The van der Waals surface area contributed by atoms with Crippen molar-refractivity contribution in [3.8, 4) is 22.9 Å². The van der Waals surface area contributed by atoms with E-state index in [1.165, 1.54) is 30.1 Å². The van der Waals surface area contributed by atoms with E-state index in [0.717, 1.165) is 0 Å². The summed E-state index contributed by atoms with van der Waals surface area (Å²) in [5.41, 5.74) is 5.05. The summed E-state index contributed by atoms with van der Waals surface area (Å²) in [6.07, 6.45) is 1.30. The molecule has 0 saturated carbocycles. The standard InChI is InChI=1S/C22H23ClN4O5/c1-13(2)12-32-20-16(23)9-14(10-18(20)31-3)21(29)24-25-22(30)19-17(28)11-27(26-19)15-7-5-4-6-8-15/h4-11,13,28H,12H2,1-3H3,(H,24,29)(H,25,30). The highest BCUT2D eigenvalue weighted by Gasteiger charge is 2.20. The van der Waals surface area contributed by atoms with Gasteiger partial charge in [0.05, 0.1) is 30.6 Å². The number of carbonyl (C=O) groups excluding carboxylic acids is 2. The molecule has 0 unspecified atom stereocenters. The van der Waals surface area contributed by atoms with Gasteiger partial charge < -0.3 is 14.6 Å². The summed E-state index contributed by atoms with van der Waals surface area (Å²) >= 11 is 6.26. The summed E-state index contributed by atoms with van der Waals surface area (Å²) in [6.45, 7) is 4.41. The minimum absolute atomic E-state index is 0.142. The molecule has 10 heteroatoms. The molecule has 0 aliphatic rings. The maximum atomic E-state index is 12.5. The summed E-state index contributed by atoms with van der Waals surface area (Å²) in [5, 5.41) is 14.3. The molecule has 0 bridgehead atoms. The number of halogens is 1. The van der Waals surface area contributed by atoms with Gasteiger partial charge in [-0.1, -0.05) is 43.6 Å². The number of hydrogen-bond donors (Lipinski definition) is 3. The quantitative estimate of drug-likeness (QED) is 0.468. The number of hydrazine groups is 1. The summed E-state index contributed by atoms with van der Waals surface area (Å²) in [6, 6.07) is 11.8. The fraction of sp³-hybridized carbons (Fsp3) is 0.227. The van der Waals surface area contributed by atoms with Crippen molar-refractivity contribution in [3.63, 3.8) is 0 Å². The monoisotopic (exact) mass is 458 g/mol. The fourth-order valence-electron chi connectivity index (χ4n) is 2.73. The highest BCUT2D eigenvalue weighted by molar-refractivity contribution is 6.32. The molecule has 0 spiro atoms. The number of aromatic hydroxyl groups is 1. The minimum Gasteiger partial charge on any atom is -0.504 e. The lowest BCUT2D eigenvalue weighted by Crippen LogP contribution is -2.41. The van der Waals surface area contributed by atoms with Gasteiger partial charge >= 0.3 is 0 Å². The van der Waals surface area contributed by atoms with Crippen LogP contribution in [0.15, 0.2) is 48.7 Å². The molecule has 3 aromatic rings. The normalized spacial score (nSPS) is 10.7. The van der Waals surface area contributed by atoms with Crippen molar-refractivity contribution in [2.75, 3.05) is 13.7 Å². The van der Waals surface area contributed by atoms with Gasteiger partial charge in [-0.05, 0) is 30.2 Å². The number of amides is 2. The summed E-state index contributed by atoms with van der Waals surface area (Å²) in [5.74, 6) is -0.877. The average Bonchev–Trinajstić information content (AvgIpc) is 3.18. The molecule has 0 radical (unpaired) electrons. The SMILES string of the molecule is COc1cc(C(=O)NNC(=O)c2nn(-c3ccccc3)cc2O)cc(Cl)c1OCC(C)C. The Kier molecular flexibility index (Phi) is 7.21. The van der Waals surface area contributed by atoms with Crippen LogP contribution in [0.25, 0.3) is 5.69 Å². The van der Waals surface area contributed by atoms with E-state index >= 15 is 0 Å². The van der Waals surface area contributed by atoms with Crippen molar-refractivity contribution in [3.05, 3.63) is 64.9 Å². The molecule has 9 nitrogen and oxygen atoms in total. The van der Waals surface area contributed by atoms with Gasteiger partial charge in [-0.2, -0.15) is 5.10 Å². The lowest BCUT2D eigenvalue weighted by Gasteiger charge is -2.15. The Morgan fingerprint density at radius 2 is 1.84 bits per heavy atom. The number of carbonyl (C=O) groups is 2. The highest BCUT2D eigenvalue weighted by Crippen LogP contribution is 2.36. The Hall–Kier alpha value is -3.72. The van der Waals surface area contributed by atoms with Gasteiger partial charge in [-0.3, -0.25) is 20.4 Å². The molecule has 168 valence electrons. The lowest BCUT2D eigenvalue weighted by molar-refractivity contribution is 0.0842. The first-order chi connectivity index (χ1) is 15.3. The van der Waals surface area contributed by atoms with Crippen LogP contribution in [0.1, 0.15) is 34.7 Å². The van der Waals surface area contributed by atoms with E-state index in [9.17, 15) is 14.7 Å².